The predicted octanol–water partition coefficient (Wildman–Crippen LogP) is 3.97. The van der Waals surface area contributed by atoms with E-state index in [1.165, 1.54) is 11.3 Å². The second-order valence-electron chi connectivity index (χ2n) is 5.37. The van der Waals surface area contributed by atoms with E-state index in [-0.39, 0.29) is 0 Å². The van der Waals surface area contributed by atoms with Gasteiger partial charge in [-0.25, -0.2) is 0 Å². The molecule has 1 nitrogen and oxygen atoms in total. The highest BCUT2D eigenvalue weighted by Crippen LogP contribution is 2.54. The molecule has 2 atom stereocenters. The van der Waals surface area contributed by atoms with Crippen molar-refractivity contribution >= 4 is 22.9 Å². The van der Waals surface area contributed by atoms with Gasteiger partial charge < -0.3 is 5.32 Å². The smallest absolute Gasteiger partial charge is 0.0931 e. The summed E-state index contributed by atoms with van der Waals surface area (Å²) >= 11 is 7.68. The fraction of sp³-hybridized carbons (Fsp3) is 0.692. The quantitative estimate of drug-likeness (QED) is 0.842. The molecule has 0 radical (unpaired) electrons. The Bertz CT molecular complexity index is 359. The predicted molar refractivity (Wildman–Crippen MR) is 72.4 cm³/mol. The maximum Gasteiger partial charge on any atom is 0.0931 e. The van der Waals surface area contributed by atoms with Crippen molar-refractivity contribution in [1.82, 2.24) is 5.32 Å². The van der Waals surface area contributed by atoms with Gasteiger partial charge in [-0.05, 0) is 42.9 Å². The van der Waals surface area contributed by atoms with Crippen molar-refractivity contribution < 1.29 is 0 Å². The van der Waals surface area contributed by atoms with Crippen LogP contribution in [-0.2, 0) is 6.42 Å². The van der Waals surface area contributed by atoms with Gasteiger partial charge in [0.2, 0.25) is 0 Å². The van der Waals surface area contributed by atoms with Crippen LogP contribution < -0.4 is 5.32 Å². The zero-order chi connectivity index (χ0) is 11.8. The lowest BCUT2D eigenvalue weighted by atomic mass is 10.0. The summed E-state index contributed by atoms with van der Waals surface area (Å²) < 4.78 is 0.903. The van der Waals surface area contributed by atoms with Crippen LogP contribution in [0.25, 0.3) is 0 Å². The molecule has 90 valence electrons. The summed E-state index contributed by atoms with van der Waals surface area (Å²) in [5.74, 6) is 0.827. The maximum absolute atomic E-state index is 5.97. The highest BCUT2D eigenvalue weighted by Gasteiger charge is 2.49. The number of hydrogen-bond acceptors (Lipinski definition) is 2. The standard InChI is InChI=1S/C13H20ClNS/c1-4-15-11(10-8-13(10,2)3)7-9-5-6-12(14)16-9/h5-6,10-11,15H,4,7-8H2,1-3H3. The highest BCUT2D eigenvalue weighted by atomic mass is 35.5. The summed E-state index contributed by atoms with van der Waals surface area (Å²) in [7, 11) is 0. The summed E-state index contributed by atoms with van der Waals surface area (Å²) in [5.41, 5.74) is 0.536. The van der Waals surface area contributed by atoms with E-state index in [1.807, 2.05) is 6.07 Å². The minimum Gasteiger partial charge on any atom is -0.314 e. The fourth-order valence-corrected chi connectivity index (χ4v) is 3.64. The largest absolute Gasteiger partial charge is 0.314 e. The van der Waals surface area contributed by atoms with Gasteiger partial charge in [0.15, 0.2) is 0 Å². The molecule has 1 fully saturated rings. The zero-order valence-corrected chi connectivity index (χ0v) is 11.8. The summed E-state index contributed by atoms with van der Waals surface area (Å²) in [5, 5.41) is 3.62. The molecule has 1 aromatic rings. The van der Waals surface area contributed by atoms with E-state index in [1.54, 1.807) is 11.3 Å². The van der Waals surface area contributed by atoms with Gasteiger partial charge in [-0.15, -0.1) is 11.3 Å². The van der Waals surface area contributed by atoms with Crippen LogP contribution in [0.3, 0.4) is 0 Å². The van der Waals surface area contributed by atoms with E-state index in [2.05, 4.69) is 32.2 Å². The summed E-state index contributed by atoms with van der Waals surface area (Å²) in [6.07, 6.45) is 2.48. The van der Waals surface area contributed by atoms with Crippen molar-refractivity contribution in [2.24, 2.45) is 11.3 Å². The van der Waals surface area contributed by atoms with Gasteiger partial charge in [0.05, 0.1) is 4.34 Å². The van der Waals surface area contributed by atoms with Gasteiger partial charge in [0, 0.05) is 10.9 Å². The normalized spacial score (nSPS) is 24.4. The Morgan fingerprint density at radius 1 is 1.56 bits per heavy atom. The Balaban J connectivity index is 1.98. The molecule has 1 aliphatic carbocycles. The summed E-state index contributed by atoms with van der Waals surface area (Å²) in [4.78, 5) is 1.40. The van der Waals surface area contributed by atoms with Crippen molar-refractivity contribution in [2.75, 3.05) is 6.54 Å². The fourth-order valence-electron chi connectivity index (χ4n) is 2.49. The molecule has 2 rings (SSSR count). The number of rotatable bonds is 5. The molecular weight excluding hydrogens is 238 g/mol. The molecule has 3 heteroatoms. The number of nitrogens with one attached hydrogen (secondary N) is 1. The lowest BCUT2D eigenvalue weighted by molar-refractivity contribution is 0.411. The second-order valence-corrected chi connectivity index (χ2v) is 7.17. The minimum atomic E-state index is 0.536. The van der Waals surface area contributed by atoms with E-state index in [0.717, 1.165) is 23.2 Å². The van der Waals surface area contributed by atoms with Crippen molar-refractivity contribution in [1.29, 1.82) is 0 Å². The Morgan fingerprint density at radius 3 is 2.69 bits per heavy atom. The van der Waals surface area contributed by atoms with Crippen molar-refractivity contribution in [3.63, 3.8) is 0 Å². The average Bonchev–Trinajstić information content (AvgIpc) is 2.64. The van der Waals surface area contributed by atoms with Gasteiger partial charge in [-0.3, -0.25) is 0 Å². The summed E-state index contributed by atoms with van der Waals surface area (Å²) in [6, 6.07) is 4.78. The molecule has 1 saturated carbocycles. The SMILES string of the molecule is CCNC(Cc1ccc(Cl)s1)C1CC1(C)C. The first-order chi connectivity index (χ1) is 7.53. The monoisotopic (exact) mass is 257 g/mol. The first-order valence-corrected chi connectivity index (χ1v) is 7.20. The molecule has 0 saturated heterocycles. The third kappa shape index (κ3) is 2.79. The van der Waals surface area contributed by atoms with Crippen LogP contribution in [0, 0.1) is 11.3 Å². The van der Waals surface area contributed by atoms with Crippen LogP contribution in [0.5, 0.6) is 0 Å². The van der Waals surface area contributed by atoms with E-state index >= 15 is 0 Å². The van der Waals surface area contributed by atoms with Crippen LogP contribution in [0.2, 0.25) is 4.34 Å². The third-order valence-electron chi connectivity index (χ3n) is 3.59. The van der Waals surface area contributed by atoms with Gasteiger partial charge >= 0.3 is 0 Å². The van der Waals surface area contributed by atoms with E-state index in [4.69, 9.17) is 11.6 Å². The molecule has 0 spiro atoms. The van der Waals surface area contributed by atoms with Gasteiger partial charge in [0.1, 0.15) is 0 Å². The second kappa shape index (κ2) is 4.67. The van der Waals surface area contributed by atoms with Crippen LogP contribution in [0.1, 0.15) is 32.1 Å². The van der Waals surface area contributed by atoms with Crippen molar-refractivity contribution in [3.8, 4) is 0 Å². The first kappa shape index (κ1) is 12.4. The zero-order valence-electron chi connectivity index (χ0n) is 10.2. The van der Waals surface area contributed by atoms with Crippen molar-refractivity contribution in [3.05, 3.63) is 21.3 Å². The molecule has 2 unspecified atom stereocenters. The molecule has 0 aliphatic heterocycles. The van der Waals surface area contributed by atoms with E-state index in [0.29, 0.717) is 11.5 Å². The molecule has 1 N–H and O–H groups in total. The van der Waals surface area contributed by atoms with Crippen LogP contribution >= 0.6 is 22.9 Å². The average molecular weight is 258 g/mol. The Labute approximate surface area is 107 Å². The maximum atomic E-state index is 5.97. The first-order valence-electron chi connectivity index (χ1n) is 6.00. The van der Waals surface area contributed by atoms with Gasteiger partial charge in [-0.2, -0.15) is 0 Å². The van der Waals surface area contributed by atoms with Gasteiger partial charge in [0.25, 0.3) is 0 Å². The van der Waals surface area contributed by atoms with Gasteiger partial charge in [-0.1, -0.05) is 32.4 Å². The summed E-state index contributed by atoms with van der Waals surface area (Å²) in [6.45, 7) is 7.97. The highest BCUT2D eigenvalue weighted by molar-refractivity contribution is 7.16. The molecule has 0 amide bonds. The third-order valence-corrected chi connectivity index (χ3v) is 4.85. The van der Waals surface area contributed by atoms with E-state index < -0.39 is 0 Å². The molecule has 0 aromatic carbocycles. The Hall–Kier alpha value is -0.0500. The Kier molecular flexibility index (Phi) is 3.62. The molecule has 16 heavy (non-hydrogen) atoms. The number of hydrogen-bond donors (Lipinski definition) is 1. The number of likely N-dealkylation sites (N-methyl/N-ethyl adjacent to an activating group) is 1. The van der Waals surface area contributed by atoms with Crippen LogP contribution in [0.15, 0.2) is 12.1 Å². The van der Waals surface area contributed by atoms with Crippen LogP contribution in [0.4, 0.5) is 0 Å². The minimum absolute atomic E-state index is 0.536. The molecule has 1 aliphatic rings. The number of halogens is 1. The number of thiophene rings is 1. The molecular formula is C13H20ClNS. The van der Waals surface area contributed by atoms with Crippen molar-refractivity contribution in [2.45, 2.75) is 39.7 Å². The molecule has 0 bridgehead atoms. The van der Waals surface area contributed by atoms with Crippen LogP contribution in [-0.4, -0.2) is 12.6 Å². The topological polar surface area (TPSA) is 12.0 Å². The lowest BCUT2D eigenvalue weighted by Crippen LogP contribution is -2.34. The molecule has 1 heterocycles. The Morgan fingerprint density at radius 2 is 2.25 bits per heavy atom. The lowest BCUT2D eigenvalue weighted by Gasteiger charge is -2.18. The molecule has 1 aromatic heterocycles. The van der Waals surface area contributed by atoms with E-state index in [9.17, 15) is 0 Å².